The van der Waals surface area contributed by atoms with E-state index in [-0.39, 0.29) is 0 Å². The molecule has 2 aromatic carbocycles. The van der Waals surface area contributed by atoms with Crippen molar-refractivity contribution in [2.45, 2.75) is 6.10 Å². The highest BCUT2D eigenvalue weighted by Crippen LogP contribution is 2.28. The average molecular weight is 307 g/mol. The van der Waals surface area contributed by atoms with Crippen LogP contribution in [0.15, 0.2) is 60.7 Å². The number of para-hydroxylation sites is 1. The predicted molar refractivity (Wildman–Crippen MR) is 95.6 cm³/mol. The molecule has 1 heterocycles. The molecule has 3 rings (SSSR count). The first kappa shape index (κ1) is 15.5. The zero-order valence-electron chi connectivity index (χ0n) is 13.2. The van der Waals surface area contributed by atoms with Crippen LogP contribution in [0.3, 0.4) is 0 Å². The van der Waals surface area contributed by atoms with E-state index >= 15 is 0 Å². The second-order valence-corrected chi connectivity index (χ2v) is 5.53. The average Bonchev–Trinajstić information content (AvgIpc) is 2.60. The van der Waals surface area contributed by atoms with Crippen molar-refractivity contribution in [3.8, 4) is 11.3 Å². The molecule has 4 nitrogen and oxygen atoms in total. The first-order valence-corrected chi connectivity index (χ1v) is 7.79. The van der Waals surface area contributed by atoms with Crippen molar-refractivity contribution in [1.82, 2.24) is 10.3 Å². The zero-order valence-corrected chi connectivity index (χ0v) is 13.2. The van der Waals surface area contributed by atoms with Gasteiger partial charge in [-0.15, -0.1) is 0 Å². The molecule has 0 saturated carbocycles. The molecular weight excluding hydrogens is 286 g/mol. The minimum absolute atomic E-state index is 0.438. The van der Waals surface area contributed by atoms with E-state index in [1.54, 1.807) is 0 Å². The van der Waals surface area contributed by atoms with Crippen LogP contribution in [0.2, 0.25) is 0 Å². The molecule has 0 aliphatic carbocycles. The molecule has 0 aliphatic rings. The standard InChI is InChI=1S/C19H21N3O/c1-20-12-15(23)13-21-19-11-18(14-7-3-2-4-8-14)22-17-10-6-5-9-16(17)19/h2-11,15,20,23H,12-13H2,1H3,(H,21,22). The zero-order chi connectivity index (χ0) is 16.1. The van der Waals surface area contributed by atoms with E-state index < -0.39 is 6.10 Å². The second-order valence-electron chi connectivity index (χ2n) is 5.53. The third-order valence-electron chi connectivity index (χ3n) is 3.75. The van der Waals surface area contributed by atoms with Crippen molar-refractivity contribution < 1.29 is 5.11 Å². The van der Waals surface area contributed by atoms with Crippen LogP contribution >= 0.6 is 0 Å². The van der Waals surface area contributed by atoms with Gasteiger partial charge in [0, 0.05) is 29.7 Å². The van der Waals surface area contributed by atoms with Gasteiger partial charge in [0.25, 0.3) is 0 Å². The van der Waals surface area contributed by atoms with Crippen LogP contribution in [0.25, 0.3) is 22.2 Å². The van der Waals surface area contributed by atoms with E-state index in [2.05, 4.69) is 22.8 Å². The van der Waals surface area contributed by atoms with Crippen LogP contribution < -0.4 is 10.6 Å². The number of fused-ring (bicyclic) bond motifs is 1. The van der Waals surface area contributed by atoms with Gasteiger partial charge in [0.05, 0.1) is 17.3 Å². The molecule has 3 N–H and O–H groups in total. The molecule has 0 saturated heterocycles. The first-order valence-electron chi connectivity index (χ1n) is 7.79. The van der Waals surface area contributed by atoms with E-state index in [1.165, 1.54) is 0 Å². The lowest BCUT2D eigenvalue weighted by molar-refractivity contribution is 0.187. The lowest BCUT2D eigenvalue weighted by Gasteiger charge is -2.15. The number of anilines is 1. The maximum atomic E-state index is 9.93. The summed E-state index contributed by atoms with van der Waals surface area (Å²) in [5.41, 5.74) is 3.94. The lowest BCUT2D eigenvalue weighted by Crippen LogP contribution is -2.30. The van der Waals surface area contributed by atoms with Crippen molar-refractivity contribution in [2.24, 2.45) is 0 Å². The molecule has 4 heteroatoms. The van der Waals surface area contributed by atoms with Gasteiger partial charge < -0.3 is 15.7 Å². The van der Waals surface area contributed by atoms with Gasteiger partial charge >= 0.3 is 0 Å². The molecule has 0 spiro atoms. The van der Waals surface area contributed by atoms with E-state index in [1.807, 2.05) is 55.6 Å². The number of aliphatic hydroxyl groups is 1. The maximum absolute atomic E-state index is 9.93. The summed E-state index contributed by atoms with van der Waals surface area (Å²) in [6.07, 6.45) is -0.438. The van der Waals surface area contributed by atoms with Crippen molar-refractivity contribution in [2.75, 3.05) is 25.5 Å². The van der Waals surface area contributed by atoms with Crippen LogP contribution in [-0.2, 0) is 0 Å². The van der Waals surface area contributed by atoms with E-state index in [0.717, 1.165) is 27.8 Å². The number of pyridine rings is 1. The summed E-state index contributed by atoms with van der Waals surface area (Å²) in [6, 6.07) is 20.2. The Morgan fingerprint density at radius 1 is 1.00 bits per heavy atom. The molecular formula is C19H21N3O. The topological polar surface area (TPSA) is 57.2 Å². The fraction of sp³-hybridized carbons (Fsp3) is 0.211. The Morgan fingerprint density at radius 3 is 2.52 bits per heavy atom. The number of rotatable bonds is 6. The number of aliphatic hydroxyl groups excluding tert-OH is 1. The summed E-state index contributed by atoms with van der Waals surface area (Å²) in [5.74, 6) is 0. The quantitative estimate of drug-likeness (QED) is 0.655. The van der Waals surface area contributed by atoms with Crippen LogP contribution in [-0.4, -0.2) is 36.3 Å². The molecule has 0 aliphatic heterocycles. The third kappa shape index (κ3) is 3.67. The summed E-state index contributed by atoms with van der Waals surface area (Å²) < 4.78 is 0. The summed E-state index contributed by atoms with van der Waals surface area (Å²) in [5, 5.41) is 17.3. The van der Waals surface area contributed by atoms with E-state index in [4.69, 9.17) is 4.98 Å². The largest absolute Gasteiger partial charge is 0.390 e. The molecule has 0 bridgehead atoms. The number of hydrogen-bond acceptors (Lipinski definition) is 4. The summed E-state index contributed by atoms with van der Waals surface area (Å²) in [6.45, 7) is 1.05. The molecule has 1 unspecified atom stereocenters. The highest BCUT2D eigenvalue weighted by molar-refractivity contribution is 5.93. The van der Waals surface area contributed by atoms with Crippen LogP contribution in [0.5, 0.6) is 0 Å². The van der Waals surface area contributed by atoms with Crippen molar-refractivity contribution >= 4 is 16.6 Å². The monoisotopic (exact) mass is 307 g/mol. The highest BCUT2D eigenvalue weighted by atomic mass is 16.3. The third-order valence-corrected chi connectivity index (χ3v) is 3.75. The van der Waals surface area contributed by atoms with E-state index in [0.29, 0.717) is 13.1 Å². The second kappa shape index (κ2) is 7.22. The molecule has 0 fully saturated rings. The normalized spacial score (nSPS) is 12.3. The smallest absolute Gasteiger partial charge is 0.0836 e. The number of benzene rings is 2. The number of aromatic nitrogens is 1. The maximum Gasteiger partial charge on any atom is 0.0836 e. The number of nitrogens with zero attached hydrogens (tertiary/aromatic N) is 1. The Hall–Kier alpha value is -2.43. The fourth-order valence-electron chi connectivity index (χ4n) is 2.61. The van der Waals surface area contributed by atoms with Gasteiger partial charge in [-0.2, -0.15) is 0 Å². The Labute approximate surface area is 136 Å². The molecule has 1 aromatic heterocycles. The van der Waals surface area contributed by atoms with Crippen LogP contribution in [0, 0.1) is 0 Å². The molecule has 3 aromatic rings. The summed E-state index contributed by atoms with van der Waals surface area (Å²) >= 11 is 0. The first-order chi connectivity index (χ1) is 11.3. The Bertz CT molecular complexity index is 774. The predicted octanol–water partition coefficient (Wildman–Crippen LogP) is 2.89. The van der Waals surface area contributed by atoms with Crippen molar-refractivity contribution in [3.63, 3.8) is 0 Å². The van der Waals surface area contributed by atoms with Crippen molar-refractivity contribution in [3.05, 3.63) is 60.7 Å². The molecule has 0 amide bonds. The molecule has 23 heavy (non-hydrogen) atoms. The molecule has 118 valence electrons. The Morgan fingerprint density at radius 2 is 1.74 bits per heavy atom. The van der Waals surface area contributed by atoms with Crippen LogP contribution in [0.4, 0.5) is 5.69 Å². The lowest BCUT2D eigenvalue weighted by atomic mass is 10.1. The van der Waals surface area contributed by atoms with Crippen LogP contribution in [0.1, 0.15) is 0 Å². The van der Waals surface area contributed by atoms with Gasteiger partial charge in [-0.25, -0.2) is 4.98 Å². The number of hydrogen-bond donors (Lipinski definition) is 3. The summed E-state index contributed by atoms with van der Waals surface area (Å²) in [4.78, 5) is 4.75. The minimum Gasteiger partial charge on any atom is -0.390 e. The summed E-state index contributed by atoms with van der Waals surface area (Å²) in [7, 11) is 1.83. The van der Waals surface area contributed by atoms with Gasteiger partial charge in [-0.1, -0.05) is 48.5 Å². The Kier molecular flexibility index (Phi) is 4.86. The van der Waals surface area contributed by atoms with Crippen molar-refractivity contribution in [1.29, 1.82) is 0 Å². The van der Waals surface area contributed by atoms with Gasteiger partial charge in [-0.05, 0) is 19.2 Å². The van der Waals surface area contributed by atoms with Gasteiger partial charge in [0.15, 0.2) is 0 Å². The molecule has 1 atom stereocenters. The number of likely N-dealkylation sites (N-methyl/N-ethyl adjacent to an activating group) is 1. The fourth-order valence-corrected chi connectivity index (χ4v) is 2.61. The Balaban J connectivity index is 1.97. The van der Waals surface area contributed by atoms with E-state index in [9.17, 15) is 5.11 Å². The van der Waals surface area contributed by atoms with Gasteiger partial charge in [0.1, 0.15) is 0 Å². The SMILES string of the molecule is CNCC(O)CNc1cc(-c2ccccc2)nc2ccccc12. The van der Waals surface area contributed by atoms with Gasteiger partial charge in [0.2, 0.25) is 0 Å². The minimum atomic E-state index is -0.438. The van der Waals surface area contributed by atoms with Gasteiger partial charge in [-0.3, -0.25) is 0 Å². The molecule has 0 radical (unpaired) electrons. The number of nitrogens with one attached hydrogen (secondary N) is 2. The highest BCUT2D eigenvalue weighted by Gasteiger charge is 2.09.